The number of hydrogen-bond donors (Lipinski definition) is 1. The highest BCUT2D eigenvalue weighted by Gasteiger charge is 2.24. The van der Waals surface area contributed by atoms with Crippen molar-refractivity contribution < 1.29 is 19.1 Å². The maximum Gasteiger partial charge on any atom is 0.408 e. The summed E-state index contributed by atoms with van der Waals surface area (Å²) in [5.41, 5.74) is 0.0383. The first-order chi connectivity index (χ1) is 7.79. The minimum absolute atomic E-state index is 0.131. The molecule has 0 aromatic heterocycles. The van der Waals surface area contributed by atoms with E-state index in [9.17, 15) is 9.59 Å². The van der Waals surface area contributed by atoms with Gasteiger partial charge in [0.05, 0.1) is 18.9 Å². The van der Waals surface area contributed by atoms with Gasteiger partial charge in [-0.2, -0.15) is 0 Å². The molecule has 1 aliphatic heterocycles. The Bertz CT molecular complexity index is 341. The summed E-state index contributed by atoms with van der Waals surface area (Å²) in [7, 11) is 0. The van der Waals surface area contributed by atoms with Crippen LogP contribution >= 0.6 is 0 Å². The number of alkyl carbamates (subject to hydrolysis) is 1. The normalized spacial score (nSPS) is 16.8. The zero-order valence-electron chi connectivity index (χ0n) is 10.7. The molecule has 0 radical (unpaired) electrons. The average molecular weight is 241 g/mol. The van der Waals surface area contributed by atoms with Gasteiger partial charge >= 0.3 is 6.09 Å². The number of amides is 1. The van der Waals surface area contributed by atoms with Crippen LogP contribution in [-0.4, -0.2) is 30.1 Å². The molecule has 1 unspecified atom stereocenters. The quantitative estimate of drug-likeness (QED) is 0.818. The molecular formula is C12H19NO4. The first-order valence-electron chi connectivity index (χ1n) is 5.64. The number of ketones is 1. The maximum atomic E-state index is 11.8. The van der Waals surface area contributed by atoms with Crippen LogP contribution in [0.1, 0.15) is 34.1 Å². The van der Waals surface area contributed by atoms with Gasteiger partial charge in [-0.3, -0.25) is 4.79 Å². The summed E-state index contributed by atoms with van der Waals surface area (Å²) < 4.78 is 10.1. The molecular weight excluding hydrogens is 222 g/mol. The third-order valence-electron chi connectivity index (χ3n) is 2.16. The molecule has 1 rings (SSSR count). The van der Waals surface area contributed by atoms with Crippen LogP contribution in [0, 0.1) is 0 Å². The monoisotopic (exact) mass is 241 g/mol. The van der Waals surface area contributed by atoms with Crippen LogP contribution < -0.4 is 5.32 Å². The fraction of sp³-hybridized carbons (Fsp3) is 0.667. The molecule has 0 aromatic carbocycles. The van der Waals surface area contributed by atoms with Crippen LogP contribution in [-0.2, 0) is 14.3 Å². The second kappa shape index (κ2) is 5.21. The molecule has 1 atom stereocenters. The average Bonchev–Trinajstić information content (AvgIpc) is 2.65. The van der Waals surface area contributed by atoms with Crippen LogP contribution in [0.25, 0.3) is 0 Å². The lowest BCUT2D eigenvalue weighted by atomic mass is 10.1. The standard InChI is InChI=1S/C12H19NO4/c1-8(10(14)9-5-6-16-7-9)13-11(15)17-12(2,3)4/h7-8H,5-6H2,1-4H3,(H,13,15). The highest BCUT2D eigenvalue weighted by molar-refractivity contribution is 6.00. The van der Waals surface area contributed by atoms with E-state index in [1.54, 1.807) is 27.7 Å². The van der Waals surface area contributed by atoms with Crippen molar-refractivity contribution >= 4 is 11.9 Å². The van der Waals surface area contributed by atoms with E-state index in [2.05, 4.69) is 5.32 Å². The molecule has 1 amide bonds. The highest BCUT2D eigenvalue weighted by atomic mass is 16.6. The molecule has 0 saturated carbocycles. The molecule has 5 nitrogen and oxygen atoms in total. The summed E-state index contributed by atoms with van der Waals surface area (Å²) in [6, 6.07) is -0.599. The summed E-state index contributed by atoms with van der Waals surface area (Å²) >= 11 is 0. The SMILES string of the molecule is CC(NC(=O)OC(C)(C)C)C(=O)C1=COCC1. The van der Waals surface area contributed by atoms with Crippen molar-refractivity contribution in [1.29, 1.82) is 0 Å². The molecule has 1 N–H and O–H groups in total. The Morgan fingerprint density at radius 2 is 2.12 bits per heavy atom. The Morgan fingerprint density at radius 3 is 2.59 bits per heavy atom. The lowest BCUT2D eigenvalue weighted by Crippen LogP contribution is -2.42. The van der Waals surface area contributed by atoms with Crippen molar-refractivity contribution in [3.63, 3.8) is 0 Å². The van der Waals surface area contributed by atoms with Crippen LogP contribution in [0.4, 0.5) is 4.79 Å². The number of carbonyl (C=O) groups is 2. The molecule has 5 heteroatoms. The predicted molar refractivity (Wildman–Crippen MR) is 62.5 cm³/mol. The fourth-order valence-electron chi connectivity index (χ4n) is 1.40. The topological polar surface area (TPSA) is 64.6 Å². The molecule has 96 valence electrons. The van der Waals surface area contributed by atoms with Gasteiger partial charge in [0.1, 0.15) is 5.60 Å². The molecule has 0 spiro atoms. The number of nitrogens with one attached hydrogen (secondary N) is 1. The third-order valence-corrected chi connectivity index (χ3v) is 2.16. The van der Waals surface area contributed by atoms with E-state index in [-0.39, 0.29) is 5.78 Å². The molecule has 1 heterocycles. The van der Waals surface area contributed by atoms with Gasteiger partial charge in [0.25, 0.3) is 0 Å². The smallest absolute Gasteiger partial charge is 0.408 e. The molecule has 0 aliphatic carbocycles. The van der Waals surface area contributed by atoms with E-state index in [1.807, 2.05) is 0 Å². The minimum Gasteiger partial charge on any atom is -0.500 e. The van der Waals surface area contributed by atoms with Gasteiger partial charge in [0, 0.05) is 12.0 Å². The lowest BCUT2D eigenvalue weighted by molar-refractivity contribution is -0.117. The van der Waals surface area contributed by atoms with Crippen molar-refractivity contribution in [1.82, 2.24) is 5.32 Å². The van der Waals surface area contributed by atoms with E-state index < -0.39 is 17.7 Å². The molecule has 0 aromatic rings. The minimum atomic E-state index is -0.599. The third kappa shape index (κ3) is 4.46. The Hall–Kier alpha value is -1.52. The Kier molecular flexibility index (Phi) is 4.15. The van der Waals surface area contributed by atoms with E-state index in [0.717, 1.165) is 0 Å². The number of Topliss-reactive ketones (excluding diaryl/α,β-unsaturated/α-hetero) is 1. The first-order valence-corrected chi connectivity index (χ1v) is 5.64. The van der Waals surface area contributed by atoms with Crippen LogP contribution in [0.2, 0.25) is 0 Å². The van der Waals surface area contributed by atoms with Gasteiger partial charge in [-0.25, -0.2) is 4.79 Å². The van der Waals surface area contributed by atoms with Crippen molar-refractivity contribution in [2.75, 3.05) is 6.61 Å². The molecule has 0 saturated heterocycles. The van der Waals surface area contributed by atoms with Gasteiger partial charge in [0.2, 0.25) is 0 Å². The van der Waals surface area contributed by atoms with Gasteiger partial charge < -0.3 is 14.8 Å². The second-order valence-electron chi connectivity index (χ2n) is 5.00. The summed E-state index contributed by atoms with van der Waals surface area (Å²) in [6.45, 7) is 7.47. The molecule has 1 aliphatic rings. The number of hydrogen-bond acceptors (Lipinski definition) is 4. The number of carbonyl (C=O) groups excluding carboxylic acids is 2. The van der Waals surface area contributed by atoms with Gasteiger partial charge in [-0.05, 0) is 27.7 Å². The summed E-state index contributed by atoms with van der Waals surface area (Å²) in [5.74, 6) is -0.131. The van der Waals surface area contributed by atoms with Gasteiger partial charge in [-0.1, -0.05) is 0 Å². The predicted octanol–water partition coefficient (Wildman–Crippen LogP) is 1.77. The van der Waals surface area contributed by atoms with Crippen LogP contribution in [0.15, 0.2) is 11.8 Å². The maximum absolute atomic E-state index is 11.8. The van der Waals surface area contributed by atoms with Crippen molar-refractivity contribution in [2.45, 2.75) is 45.8 Å². The largest absolute Gasteiger partial charge is 0.500 e. The summed E-state index contributed by atoms with van der Waals surface area (Å²) in [6.07, 6.45) is 1.47. The zero-order valence-corrected chi connectivity index (χ0v) is 10.7. The highest BCUT2D eigenvalue weighted by Crippen LogP contribution is 2.13. The lowest BCUT2D eigenvalue weighted by Gasteiger charge is -2.21. The van der Waals surface area contributed by atoms with E-state index in [1.165, 1.54) is 6.26 Å². The van der Waals surface area contributed by atoms with E-state index in [4.69, 9.17) is 9.47 Å². The molecule has 17 heavy (non-hydrogen) atoms. The van der Waals surface area contributed by atoms with Gasteiger partial charge in [-0.15, -0.1) is 0 Å². The molecule has 0 bridgehead atoms. The van der Waals surface area contributed by atoms with E-state index >= 15 is 0 Å². The van der Waals surface area contributed by atoms with Crippen LogP contribution in [0.5, 0.6) is 0 Å². The van der Waals surface area contributed by atoms with Gasteiger partial charge in [0.15, 0.2) is 5.78 Å². The Morgan fingerprint density at radius 1 is 1.47 bits per heavy atom. The van der Waals surface area contributed by atoms with Crippen molar-refractivity contribution in [3.8, 4) is 0 Å². The first kappa shape index (κ1) is 13.5. The Labute approximate surface area is 101 Å². The van der Waals surface area contributed by atoms with E-state index in [0.29, 0.717) is 18.6 Å². The number of ether oxygens (including phenoxy) is 2. The zero-order chi connectivity index (χ0) is 13.1. The van der Waals surface area contributed by atoms with Crippen molar-refractivity contribution in [2.24, 2.45) is 0 Å². The van der Waals surface area contributed by atoms with Crippen molar-refractivity contribution in [3.05, 3.63) is 11.8 Å². The fourth-order valence-corrected chi connectivity index (χ4v) is 1.40. The molecule has 0 fully saturated rings. The Balaban J connectivity index is 2.46. The van der Waals surface area contributed by atoms with Crippen LogP contribution in [0.3, 0.4) is 0 Å². The second-order valence-corrected chi connectivity index (χ2v) is 5.00. The number of rotatable bonds is 3. The summed E-state index contributed by atoms with van der Waals surface area (Å²) in [5, 5.41) is 2.51. The summed E-state index contributed by atoms with van der Waals surface area (Å²) in [4.78, 5) is 23.3.